The highest BCUT2D eigenvalue weighted by atomic mass is 19.4. The van der Waals surface area contributed by atoms with E-state index in [4.69, 9.17) is 10.5 Å². The number of nitrogens with two attached hydrogens (primary N) is 1. The summed E-state index contributed by atoms with van der Waals surface area (Å²) in [5.41, 5.74) is 5.81. The van der Waals surface area contributed by atoms with Crippen molar-refractivity contribution in [1.29, 1.82) is 0 Å². The molecular weight excluding hydrogens is 480 g/mol. The fourth-order valence-electron chi connectivity index (χ4n) is 3.61. The molecule has 184 valence electrons. The third-order valence-corrected chi connectivity index (χ3v) is 5.48. The van der Waals surface area contributed by atoms with Gasteiger partial charge in [0.2, 0.25) is 0 Å². The maximum atomic E-state index is 13.2. The quantitative estimate of drug-likeness (QED) is 0.169. The van der Waals surface area contributed by atoms with Gasteiger partial charge in [-0.3, -0.25) is 0 Å². The Morgan fingerprint density at radius 1 is 0.611 bits per heavy atom. The van der Waals surface area contributed by atoms with Crippen LogP contribution in [0.5, 0.6) is 5.75 Å². The van der Waals surface area contributed by atoms with Crippen molar-refractivity contribution in [2.45, 2.75) is 12.4 Å². The van der Waals surface area contributed by atoms with Crippen molar-refractivity contribution in [2.24, 2.45) is 0 Å². The highest BCUT2D eigenvalue weighted by Crippen LogP contribution is 2.39. The minimum atomic E-state index is -4.91. The van der Waals surface area contributed by atoms with Crippen LogP contribution >= 0.6 is 0 Å². The molecule has 0 aliphatic rings. The minimum absolute atomic E-state index is 0.112. The van der Waals surface area contributed by atoms with Crippen LogP contribution in [0.3, 0.4) is 0 Å². The lowest BCUT2D eigenvalue weighted by molar-refractivity contribution is -0.143. The average Bonchev–Trinajstić information content (AvgIpc) is 2.84. The first-order valence-corrected chi connectivity index (χ1v) is 10.6. The van der Waals surface area contributed by atoms with Crippen molar-refractivity contribution in [3.63, 3.8) is 0 Å². The van der Waals surface area contributed by atoms with E-state index in [-0.39, 0.29) is 17.2 Å². The van der Waals surface area contributed by atoms with Gasteiger partial charge in [-0.15, -0.1) is 0 Å². The van der Waals surface area contributed by atoms with E-state index in [0.717, 1.165) is 5.56 Å². The van der Waals surface area contributed by atoms with Crippen molar-refractivity contribution in [3.05, 3.63) is 114 Å². The number of para-hydroxylation sites is 2. The van der Waals surface area contributed by atoms with Crippen molar-refractivity contribution in [1.82, 2.24) is 0 Å². The van der Waals surface area contributed by atoms with Crippen LogP contribution in [0.2, 0.25) is 0 Å². The molecule has 0 amide bonds. The van der Waals surface area contributed by atoms with Gasteiger partial charge in [0, 0.05) is 5.56 Å². The van der Waals surface area contributed by atoms with Gasteiger partial charge in [0.15, 0.2) is 0 Å². The average molecular weight is 499 g/mol. The van der Waals surface area contributed by atoms with Crippen LogP contribution in [0.15, 0.2) is 97.6 Å². The predicted molar refractivity (Wildman–Crippen MR) is 128 cm³/mol. The Labute approximate surface area is 203 Å². The van der Waals surface area contributed by atoms with Gasteiger partial charge >= 0.3 is 12.4 Å². The molecular formula is C28H19F6NO. The maximum Gasteiger partial charge on any atom is 0.416 e. The van der Waals surface area contributed by atoms with E-state index in [1.807, 2.05) is 12.1 Å². The first kappa shape index (κ1) is 24.9. The molecule has 0 aliphatic heterocycles. The van der Waals surface area contributed by atoms with Gasteiger partial charge in [0.05, 0.1) is 16.8 Å². The van der Waals surface area contributed by atoms with Crippen LogP contribution in [-0.2, 0) is 12.4 Å². The number of halogens is 6. The van der Waals surface area contributed by atoms with E-state index in [1.165, 1.54) is 12.1 Å². The molecule has 0 bridgehead atoms. The normalized spacial score (nSPS) is 11.8. The molecule has 0 aliphatic carbocycles. The molecule has 2 N–H and O–H groups in total. The van der Waals surface area contributed by atoms with Gasteiger partial charge in [-0.2, -0.15) is 26.3 Å². The molecule has 0 saturated heterocycles. The summed E-state index contributed by atoms with van der Waals surface area (Å²) in [5, 5.41) is 0. The van der Waals surface area contributed by atoms with E-state index in [1.54, 1.807) is 48.5 Å². The summed E-state index contributed by atoms with van der Waals surface area (Å²) in [6.45, 7) is 3.94. The molecule has 0 fully saturated rings. The lowest BCUT2D eigenvalue weighted by Crippen LogP contribution is -2.11. The second kappa shape index (κ2) is 9.45. The van der Waals surface area contributed by atoms with Gasteiger partial charge < -0.3 is 10.5 Å². The van der Waals surface area contributed by atoms with Gasteiger partial charge in [-0.25, -0.2) is 0 Å². The molecule has 0 spiro atoms. The number of alkyl halides is 6. The Kier molecular flexibility index (Phi) is 6.54. The number of rotatable bonds is 5. The summed E-state index contributed by atoms with van der Waals surface area (Å²) >= 11 is 0. The van der Waals surface area contributed by atoms with Gasteiger partial charge in [-0.05, 0) is 58.7 Å². The van der Waals surface area contributed by atoms with Crippen LogP contribution in [0, 0.1) is 0 Å². The third kappa shape index (κ3) is 5.54. The number of anilines is 1. The molecule has 4 aromatic rings. The Balaban J connectivity index is 1.63. The number of nitrogen functional groups attached to an aromatic ring is 1. The zero-order valence-electron chi connectivity index (χ0n) is 18.6. The standard InChI is InChI=1S/C28H19F6NO/c1-17(36-26-8-3-2-7-25(26)35)20-5-4-6-21(13-20)18-9-11-19(12-10-18)22-14-23(27(29,30)31)16-24(15-22)28(32,33)34/h2-16H,1,35H2. The number of hydrogen-bond donors (Lipinski definition) is 1. The highest BCUT2D eigenvalue weighted by Gasteiger charge is 2.37. The molecule has 0 atom stereocenters. The van der Waals surface area contributed by atoms with Crippen LogP contribution in [0.4, 0.5) is 32.0 Å². The van der Waals surface area contributed by atoms with E-state index >= 15 is 0 Å². The SMILES string of the molecule is C=C(Oc1ccccc1N)c1cccc(-c2ccc(-c3cc(C(F)(F)F)cc(C(F)(F)F)c3)cc2)c1. The van der Waals surface area contributed by atoms with Gasteiger partial charge in [-0.1, -0.05) is 61.2 Å². The van der Waals surface area contributed by atoms with Crippen molar-refractivity contribution >= 4 is 11.4 Å². The second-order valence-corrected chi connectivity index (χ2v) is 8.02. The van der Waals surface area contributed by atoms with E-state index < -0.39 is 23.5 Å². The van der Waals surface area contributed by atoms with E-state index in [2.05, 4.69) is 6.58 Å². The Morgan fingerprint density at radius 3 is 1.72 bits per heavy atom. The summed E-state index contributed by atoms with van der Waals surface area (Å²) in [4.78, 5) is 0. The first-order chi connectivity index (χ1) is 16.9. The van der Waals surface area contributed by atoms with Crippen molar-refractivity contribution < 1.29 is 31.1 Å². The molecule has 2 nitrogen and oxygen atoms in total. The van der Waals surface area contributed by atoms with Gasteiger partial charge in [0.25, 0.3) is 0 Å². The second-order valence-electron chi connectivity index (χ2n) is 8.02. The molecule has 0 heterocycles. The lowest BCUT2D eigenvalue weighted by Gasteiger charge is -2.15. The minimum Gasteiger partial charge on any atom is -0.455 e. The molecule has 4 aromatic carbocycles. The zero-order chi connectivity index (χ0) is 26.1. The molecule has 36 heavy (non-hydrogen) atoms. The Hall–Kier alpha value is -4.20. The number of ether oxygens (including phenoxy) is 1. The largest absolute Gasteiger partial charge is 0.455 e. The van der Waals surface area contributed by atoms with E-state index in [9.17, 15) is 26.3 Å². The molecule has 0 saturated carbocycles. The zero-order valence-corrected chi connectivity index (χ0v) is 18.6. The van der Waals surface area contributed by atoms with Crippen LogP contribution in [0.1, 0.15) is 16.7 Å². The molecule has 0 unspecified atom stereocenters. The van der Waals surface area contributed by atoms with Crippen molar-refractivity contribution in [2.75, 3.05) is 5.73 Å². The third-order valence-electron chi connectivity index (χ3n) is 5.48. The summed E-state index contributed by atoms with van der Waals surface area (Å²) < 4.78 is 85.0. The molecule has 0 aromatic heterocycles. The summed E-state index contributed by atoms with van der Waals surface area (Å²) in [5.74, 6) is 0.812. The number of benzene rings is 4. The Bertz CT molecular complexity index is 1370. The van der Waals surface area contributed by atoms with E-state index in [0.29, 0.717) is 40.5 Å². The highest BCUT2D eigenvalue weighted by molar-refractivity contribution is 5.74. The fraction of sp³-hybridized carbons (Fsp3) is 0.0714. The summed E-state index contributed by atoms with van der Waals surface area (Å²) in [7, 11) is 0. The topological polar surface area (TPSA) is 35.2 Å². The van der Waals surface area contributed by atoms with Crippen LogP contribution in [0.25, 0.3) is 28.0 Å². The molecule has 8 heteroatoms. The fourth-order valence-corrected chi connectivity index (χ4v) is 3.61. The molecule has 0 radical (unpaired) electrons. The van der Waals surface area contributed by atoms with Crippen molar-refractivity contribution in [3.8, 4) is 28.0 Å². The maximum absolute atomic E-state index is 13.2. The summed E-state index contributed by atoms with van der Waals surface area (Å²) in [6.07, 6.45) is -9.82. The van der Waals surface area contributed by atoms with Gasteiger partial charge in [0.1, 0.15) is 11.5 Å². The van der Waals surface area contributed by atoms with Crippen LogP contribution < -0.4 is 10.5 Å². The first-order valence-electron chi connectivity index (χ1n) is 10.6. The smallest absolute Gasteiger partial charge is 0.416 e. The predicted octanol–water partition coefficient (Wildman–Crippen LogP) is 8.69. The Morgan fingerprint density at radius 2 is 1.17 bits per heavy atom. The monoisotopic (exact) mass is 499 g/mol. The summed E-state index contributed by atoms with van der Waals surface area (Å²) in [6, 6.07) is 21.9. The lowest BCUT2D eigenvalue weighted by atomic mass is 9.96. The number of hydrogen-bond acceptors (Lipinski definition) is 2. The molecule has 4 rings (SSSR count). The van der Waals surface area contributed by atoms with Crippen LogP contribution in [-0.4, -0.2) is 0 Å².